The number of hydrogen-bond donors (Lipinski definition) is 0. The van der Waals surface area contributed by atoms with E-state index in [1.165, 1.54) is 11.8 Å². The molecule has 0 aromatic heterocycles. The second kappa shape index (κ2) is 6.15. The molecule has 0 aliphatic rings. The molecule has 0 radical (unpaired) electrons. The van der Waals surface area contributed by atoms with Crippen molar-refractivity contribution < 1.29 is 4.92 Å². The van der Waals surface area contributed by atoms with Crippen molar-refractivity contribution in [1.29, 1.82) is 0 Å². The van der Waals surface area contributed by atoms with Gasteiger partial charge in [0.2, 0.25) is 6.04 Å². The van der Waals surface area contributed by atoms with Crippen LogP contribution in [0.15, 0.2) is 0 Å². The Morgan fingerprint density at radius 1 is 1.69 bits per heavy atom. The number of thioether (sulfide) groups is 1. The predicted molar refractivity (Wildman–Crippen MR) is 59.8 cm³/mol. The molecule has 0 aliphatic heterocycles. The van der Waals surface area contributed by atoms with Crippen molar-refractivity contribution >= 4 is 28.3 Å². The van der Waals surface area contributed by atoms with Crippen LogP contribution >= 0.6 is 24.0 Å². The molecule has 0 aromatic carbocycles. The Morgan fingerprint density at radius 3 is 2.54 bits per heavy atom. The molecular weight excluding hydrogens is 208 g/mol. The quantitative estimate of drug-likeness (QED) is 0.411. The Bertz CT molecular complexity index is 197. The Morgan fingerprint density at radius 2 is 2.23 bits per heavy atom. The van der Waals surface area contributed by atoms with E-state index in [0.29, 0.717) is 16.5 Å². The first-order valence-corrected chi connectivity index (χ1v) is 5.36. The fraction of sp³-hybridized carbons (Fsp3) is 0.857. The van der Waals surface area contributed by atoms with E-state index in [4.69, 9.17) is 12.2 Å². The second-order valence-electron chi connectivity index (χ2n) is 2.82. The van der Waals surface area contributed by atoms with E-state index >= 15 is 0 Å². The number of rotatable bonds is 4. The van der Waals surface area contributed by atoms with Gasteiger partial charge >= 0.3 is 0 Å². The molecule has 76 valence electrons. The van der Waals surface area contributed by atoms with Crippen LogP contribution in [0.3, 0.4) is 0 Å². The molecule has 0 N–H and O–H groups in total. The van der Waals surface area contributed by atoms with Crippen LogP contribution in [0.5, 0.6) is 0 Å². The Kier molecular flexibility index (Phi) is 5.98. The molecule has 0 saturated heterocycles. The first-order chi connectivity index (χ1) is 5.99. The number of thiocarbonyl (C=S) groups is 1. The summed E-state index contributed by atoms with van der Waals surface area (Å²) in [6.07, 6.45) is 0.552. The number of nitrogens with zero attached hydrogens (tertiary/aromatic N) is 2. The zero-order chi connectivity index (χ0) is 10.4. The van der Waals surface area contributed by atoms with Gasteiger partial charge in [-0.15, -0.1) is 0 Å². The van der Waals surface area contributed by atoms with E-state index in [1.54, 1.807) is 4.90 Å². The Labute approximate surface area is 87.8 Å². The van der Waals surface area contributed by atoms with Crippen molar-refractivity contribution in [1.82, 2.24) is 4.90 Å². The minimum absolute atomic E-state index is 0.245. The van der Waals surface area contributed by atoms with Crippen LogP contribution in [0.25, 0.3) is 0 Å². The van der Waals surface area contributed by atoms with Gasteiger partial charge in [0, 0.05) is 25.4 Å². The molecule has 13 heavy (non-hydrogen) atoms. The minimum Gasteiger partial charge on any atom is -0.364 e. The summed E-state index contributed by atoms with van der Waals surface area (Å²) in [5, 5.41) is 10.4. The summed E-state index contributed by atoms with van der Waals surface area (Å²) >= 11 is 6.36. The number of nitro groups is 1. The van der Waals surface area contributed by atoms with Gasteiger partial charge in [-0.1, -0.05) is 30.9 Å². The SMILES string of the molecule is CCC(CSC(=S)N(C)C)[N+](=O)[O-]. The smallest absolute Gasteiger partial charge is 0.222 e. The number of hydrogen-bond acceptors (Lipinski definition) is 4. The third-order valence-corrected chi connectivity index (χ3v) is 3.42. The normalized spacial score (nSPS) is 12.2. The summed E-state index contributed by atoms with van der Waals surface area (Å²) < 4.78 is 0.695. The average Bonchev–Trinajstić information content (AvgIpc) is 2.04. The van der Waals surface area contributed by atoms with Gasteiger partial charge in [-0.2, -0.15) is 0 Å². The maximum absolute atomic E-state index is 10.4. The third kappa shape index (κ3) is 5.05. The highest BCUT2D eigenvalue weighted by Gasteiger charge is 2.18. The van der Waals surface area contributed by atoms with Crippen LogP contribution in [-0.4, -0.2) is 40.0 Å². The third-order valence-electron chi connectivity index (χ3n) is 1.53. The molecule has 0 saturated carbocycles. The van der Waals surface area contributed by atoms with Gasteiger partial charge < -0.3 is 4.90 Å². The van der Waals surface area contributed by atoms with Crippen molar-refractivity contribution in [3.8, 4) is 0 Å². The Hall–Kier alpha value is -0.360. The van der Waals surface area contributed by atoms with Gasteiger partial charge in [0.25, 0.3) is 0 Å². The lowest BCUT2D eigenvalue weighted by Gasteiger charge is -2.13. The zero-order valence-electron chi connectivity index (χ0n) is 8.02. The summed E-state index contributed by atoms with van der Waals surface area (Å²) in [6.45, 7) is 1.81. The van der Waals surface area contributed by atoms with Crippen molar-refractivity contribution in [2.75, 3.05) is 19.8 Å². The minimum atomic E-state index is -0.483. The molecule has 0 bridgehead atoms. The molecule has 0 fully saturated rings. The fourth-order valence-electron chi connectivity index (χ4n) is 0.624. The fourth-order valence-corrected chi connectivity index (χ4v) is 1.78. The topological polar surface area (TPSA) is 46.4 Å². The standard InChI is InChI=1S/C7H14N2O2S2/c1-4-6(9(10)11)5-13-7(12)8(2)3/h6H,4-5H2,1-3H3. The van der Waals surface area contributed by atoms with Gasteiger partial charge in [0.15, 0.2) is 0 Å². The maximum atomic E-state index is 10.4. The molecule has 6 heteroatoms. The highest BCUT2D eigenvalue weighted by Crippen LogP contribution is 2.11. The molecule has 1 unspecified atom stereocenters. The van der Waals surface area contributed by atoms with Crippen LogP contribution in [0, 0.1) is 10.1 Å². The highest BCUT2D eigenvalue weighted by atomic mass is 32.2. The lowest BCUT2D eigenvalue weighted by molar-refractivity contribution is -0.516. The van der Waals surface area contributed by atoms with E-state index in [-0.39, 0.29) is 4.92 Å². The van der Waals surface area contributed by atoms with Crippen LogP contribution in [0.2, 0.25) is 0 Å². The lowest BCUT2D eigenvalue weighted by atomic mass is 10.3. The molecule has 0 amide bonds. The van der Waals surface area contributed by atoms with E-state index in [9.17, 15) is 10.1 Å². The molecular formula is C7H14N2O2S2. The molecule has 0 spiro atoms. The molecule has 0 aromatic rings. The first-order valence-electron chi connectivity index (χ1n) is 3.96. The largest absolute Gasteiger partial charge is 0.364 e. The van der Waals surface area contributed by atoms with Crippen molar-refractivity contribution in [2.24, 2.45) is 0 Å². The molecule has 1 atom stereocenters. The van der Waals surface area contributed by atoms with Crippen molar-refractivity contribution in [3.05, 3.63) is 10.1 Å². The van der Waals surface area contributed by atoms with Crippen LogP contribution in [0.1, 0.15) is 13.3 Å². The predicted octanol–water partition coefficient (Wildman–Crippen LogP) is 1.62. The summed E-state index contributed by atoms with van der Waals surface area (Å²) in [5.41, 5.74) is 0. The van der Waals surface area contributed by atoms with E-state index in [0.717, 1.165) is 0 Å². The summed E-state index contributed by atoms with van der Waals surface area (Å²) in [5.74, 6) is 0.459. The van der Waals surface area contributed by atoms with E-state index < -0.39 is 6.04 Å². The first kappa shape index (κ1) is 12.6. The maximum Gasteiger partial charge on any atom is 0.222 e. The molecule has 0 rings (SSSR count). The molecule has 0 heterocycles. The van der Waals surface area contributed by atoms with Gasteiger partial charge in [-0.05, 0) is 0 Å². The zero-order valence-corrected chi connectivity index (χ0v) is 9.65. The average molecular weight is 222 g/mol. The van der Waals surface area contributed by atoms with Crippen molar-refractivity contribution in [2.45, 2.75) is 19.4 Å². The van der Waals surface area contributed by atoms with Gasteiger partial charge in [-0.3, -0.25) is 10.1 Å². The van der Waals surface area contributed by atoms with E-state index in [2.05, 4.69) is 0 Å². The van der Waals surface area contributed by atoms with Crippen LogP contribution in [-0.2, 0) is 0 Å². The highest BCUT2D eigenvalue weighted by molar-refractivity contribution is 8.22. The lowest BCUT2D eigenvalue weighted by Crippen LogP contribution is -2.24. The van der Waals surface area contributed by atoms with Crippen LogP contribution < -0.4 is 0 Å². The summed E-state index contributed by atoms with van der Waals surface area (Å²) in [6, 6.07) is -0.483. The Balaban J connectivity index is 3.85. The van der Waals surface area contributed by atoms with Gasteiger partial charge in [0.1, 0.15) is 4.32 Å². The van der Waals surface area contributed by atoms with Gasteiger partial charge in [-0.25, -0.2) is 0 Å². The molecule has 0 aliphatic carbocycles. The second-order valence-corrected chi connectivity index (χ2v) is 4.47. The van der Waals surface area contributed by atoms with Crippen molar-refractivity contribution in [3.63, 3.8) is 0 Å². The summed E-state index contributed by atoms with van der Waals surface area (Å²) in [7, 11) is 3.67. The van der Waals surface area contributed by atoms with Gasteiger partial charge in [0.05, 0.1) is 5.75 Å². The van der Waals surface area contributed by atoms with Crippen LogP contribution in [0.4, 0.5) is 0 Å². The monoisotopic (exact) mass is 222 g/mol. The summed E-state index contributed by atoms with van der Waals surface area (Å²) in [4.78, 5) is 12.0. The van der Waals surface area contributed by atoms with E-state index in [1.807, 2.05) is 21.0 Å². The molecule has 4 nitrogen and oxygen atoms in total.